The summed E-state index contributed by atoms with van der Waals surface area (Å²) in [6.07, 6.45) is 3.97. The molecule has 4 nitrogen and oxygen atoms in total. The number of hydrogen-bond donors (Lipinski definition) is 2. The van der Waals surface area contributed by atoms with Gasteiger partial charge in [0.25, 0.3) is 0 Å². The molecule has 296 valence electrons. The van der Waals surface area contributed by atoms with Gasteiger partial charge < -0.3 is 0 Å². The van der Waals surface area contributed by atoms with Gasteiger partial charge in [0.15, 0.2) is 0 Å². The normalized spacial score (nSPS) is 11.4. The summed E-state index contributed by atoms with van der Waals surface area (Å²) in [4.78, 5) is 0. The molecule has 12 aromatic carbocycles. The molecule has 0 unspecified atom stereocenters. The van der Waals surface area contributed by atoms with Gasteiger partial charge in [-0.3, -0.25) is 9.11 Å². The molecule has 0 fully saturated rings. The third-order valence-electron chi connectivity index (χ3n) is 11.5. The van der Waals surface area contributed by atoms with Crippen LogP contribution in [-0.2, 0) is 23.2 Å². The number of benzene rings is 12. The van der Waals surface area contributed by atoms with E-state index in [1.54, 1.807) is 0 Å². The molecule has 0 aliphatic carbocycles. The van der Waals surface area contributed by atoms with Crippen molar-refractivity contribution in [1.82, 2.24) is 0 Å². The molecule has 0 atom stereocenters. The van der Waals surface area contributed by atoms with Crippen LogP contribution in [0.4, 0.5) is 0 Å². The van der Waals surface area contributed by atoms with Gasteiger partial charge >= 0.3 is 10.4 Å². The number of hydrogen-bond acceptors (Lipinski definition) is 2. The van der Waals surface area contributed by atoms with Gasteiger partial charge in [0.2, 0.25) is 0 Å². The smallest absolute Gasteiger partial charge is 0.264 e. The summed E-state index contributed by atoms with van der Waals surface area (Å²) in [5.41, 5.74) is 4.02. The summed E-state index contributed by atoms with van der Waals surface area (Å²) in [5.74, 6) is 0. The minimum absolute atomic E-state index is 1.06. The van der Waals surface area contributed by atoms with E-state index >= 15 is 0 Å². The Kier molecular flexibility index (Phi) is 10.9. The zero-order valence-electron chi connectivity index (χ0n) is 33.4. The Hall–Kier alpha value is -7.15. The molecule has 0 heterocycles. The van der Waals surface area contributed by atoms with Crippen LogP contribution in [-0.4, -0.2) is 17.5 Å². The SMILES string of the molecule is C=Cc1ccccc1.O=S(=O)(O)O.c1ccc(CCc2cccc3cc4ccc5cccc6ccc(c23)c4c56)cc1.c1ccc2c(c1)cc1ccc3cccc4ccc2c1c34. The zero-order valence-corrected chi connectivity index (χ0v) is 34.2. The van der Waals surface area contributed by atoms with Crippen molar-refractivity contribution in [2.24, 2.45) is 0 Å². The van der Waals surface area contributed by atoms with E-state index in [9.17, 15) is 0 Å². The van der Waals surface area contributed by atoms with Crippen molar-refractivity contribution in [3.63, 3.8) is 0 Å². The van der Waals surface area contributed by atoms with Gasteiger partial charge in [-0.1, -0.05) is 201 Å². The summed E-state index contributed by atoms with van der Waals surface area (Å²) in [7, 11) is -4.67. The van der Waals surface area contributed by atoms with E-state index in [1.165, 1.54) is 103 Å². The van der Waals surface area contributed by atoms with Gasteiger partial charge in [-0.05, 0) is 128 Å². The average molecular weight is 811 g/mol. The maximum atomic E-state index is 8.74. The Balaban J connectivity index is 0.000000125. The van der Waals surface area contributed by atoms with E-state index in [0.29, 0.717) is 0 Å². The molecule has 5 heteroatoms. The molecule has 0 aliphatic rings. The lowest BCUT2D eigenvalue weighted by Crippen LogP contribution is -1.94. The first-order valence-corrected chi connectivity index (χ1v) is 21.7. The largest absolute Gasteiger partial charge is 0.394 e. The topological polar surface area (TPSA) is 74.6 Å². The summed E-state index contributed by atoms with van der Waals surface area (Å²) in [6.45, 7) is 3.63. The van der Waals surface area contributed by atoms with Crippen molar-refractivity contribution in [3.05, 3.63) is 223 Å². The molecular weight excluding hydrogens is 769 g/mol. The molecule has 0 aliphatic heterocycles. The highest BCUT2D eigenvalue weighted by Gasteiger charge is 2.14. The number of aryl methyl sites for hydroxylation is 2. The van der Waals surface area contributed by atoms with Crippen LogP contribution in [0.25, 0.3) is 92.3 Å². The number of fused-ring (bicyclic) bond motifs is 4. The molecule has 12 rings (SSSR count). The van der Waals surface area contributed by atoms with Crippen molar-refractivity contribution in [1.29, 1.82) is 0 Å². The summed E-state index contributed by atoms with van der Waals surface area (Å²) >= 11 is 0. The fraction of sp³-hybridized carbons (Fsp3) is 0.0357. The van der Waals surface area contributed by atoms with Crippen molar-refractivity contribution in [2.75, 3.05) is 0 Å². The molecule has 0 bridgehead atoms. The molecule has 0 amide bonds. The number of rotatable bonds is 4. The van der Waals surface area contributed by atoms with Gasteiger partial charge in [0, 0.05) is 0 Å². The molecule has 0 saturated heterocycles. The molecule has 12 aromatic rings. The van der Waals surface area contributed by atoms with Crippen LogP contribution >= 0.6 is 0 Å². The summed E-state index contributed by atoms with van der Waals surface area (Å²) in [5, 5.41) is 21.8. The second kappa shape index (κ2) is 16.8. The predicted molar refractivity (Wildman–Crippen MR) is 260 cm³/mol. The molecule has 0 radical (unpaired) electrons. The highest BCUT2D eigenvalue weighted by Crippen LogP contribution is 2.40. The molecular formula is C56H42O4S. The summed E-state index contributed by atoms with van der Waals surface area (Å²) < 4.78 is 31.6. The van der Waals surface area contributed by atoms with E-state index < -0.39 is 10.4 Å². The van der Waals surface area contributed by atoms with Crippen molar-refractivity contribution in [3.8, 4) is 0 Å². The fourth-order valence-corrected chi connectivity index (χ4v) is 8.88. The summed E-state index contributed by atoms with van der Waals surface area (Å²) in [6, 6.07) is 72.3. The Morgan fingerprint density at radius 2 is 0.803 bits per heavy atom. The standard InChI is InChI=1S/C28H20.C20H12.C8H8.H2O4S/c1-2-6-19(7-3-1)12-13-20-8-5-11-23-18-24-15-14-21-9-4-10-22-16-17-25(26(20)23)28(24)27(21)22;1-2-7-17-15(4-1)12-16-9-8-13-5-3-6-14-10-11-18(17)20(16)19(13)14;1-2-8-6-4-3-5-7-8;1-5(2,3)4/h1-11,14-18H,12-13H2;1-12H;2-7H,1H2;(H2,1,2,3,4). The average Bonchev–Trinajstić information content (AvgIpc) is 3.29. The van der Waals surface area contributed by atoms with E-state index in [1.807, 2.05) is 36.4 Å². The lowest BCUT2D eigenvalue weighted by atomic mass is 9.88. The second-order valence-electron chi connectivity index (χ2n) is 15.2. The van der Waals surface area contributed by atoms with Crippen molar-refractivity contribution < 1.29 is 17.5 Å². The zero-order chi connectivity index (χ0) is 41.9. The third kappa shape index (κ3) is 8.23. The van der Waals surface area contributed by atoms with Crippen LogP contribution in [0, 0.1) is 0 Å². The first-order chi connectivity index (χ1) is 29.7. The van der Waals surface area contributed by atoms with Crippen molar-refractivity contribution >= 4 is 103 Å². The minimum Gasteiger partial charge on any atom is -0.264 e. The molecule has 0 spiro atoms. The fourth-order valence-electron chi connectivity index (χ4n) is 8.88. The Morgan fingerprint density at radius 1 is 0.377 bits per heavy atom. The first-order valence-electron chi connectivity index (χ1n) is 20.3. The van der Waals surface area contributed by atoms with Crippen LogP contribution < -0.4 is 0 Å². The Bertz CT molecular complexity index is 3540. The third-order valence-corrected chi connectivity index (χ3v) is 11.5. The van der Waals surface area contributed by atoms with Gasteiger partial charge in [-0.2, -0.15) is 8.42 Å². The van der Waals surface area contributed by atoms with Crippen LogP contribution in [0.15, 0.2) is 207 Å². The first kappa shape index (κ1) is 39.3. The quantitative estimate of drug-likeness (QED) is 0.105. The molecule has 2 N–H and O–H groups in total. The maximum Gasteiger partial charge on any atom is 0.394 e. The minimum atomic E-state index is -4.67. The lowest BCUT2D eigenvalue weighted by Gasteiger charge is -2.15. The van der Waals surface area contributed by atoms with Crippen LogP contribution in [0.3, 0.4) is 0 Å². The van der Waals surface area contributed by atoms with Gasteiger partial charge in [0.05, 0.1) is 0 Å². The highest BCUT2D eigenvalue weighted by molar-refractivity contribution is 7.79. The Morgan fingerprint density at radius 3 is 1.39 bits per heavy atom. The molecule has 0 saturated carbocycles. The monoisotopic (exact) mass is 810 g/mol. The predicted octanol–water partition coefficient (Wildman–Crippen LogP) is 14.9. The molecule has 0 aromatic heterocycles. The second-order valence-corrected chi connectivity index (χ2v) is 16.1. The van der Waals surface area contributed by atoms with Crippen LogP contribution in [0.2, 0.25) is 0 Å². The maximum absolute atomic E-state index is 8.74. The highest BCUT2D eigenvalue weighted by atomic mass is 32.3. The lowest BCUT2D eigenvalue weighted by molar-refractivity contribution is 0.381. The van der Waals surface area contributed by atoms with E-state index in [2.05, 4.69) is 176 Å². The molecule has 61 heavy (non-hydrogen) atoms. The van der Waals surface area contributed by atoms with Gasteiger partial charge in [0.1, 0.15) is 0 Å². The van der Waals surface area contributed by atoms with E-state index in [-0.39, 0.29) is 0 Å². The van der Waals surface area contributed by atoms with E-state index in [0.717, 1.165) is 12.8 Å². The van der Waals surface area contributed by atoms with Crippen molar-refractivity contribution in [2.45, 2.75) is 12.8 Å². The van der Waals surface area contributed by atoms with E-state index in [4.69, 9.17) is 17.5 Å². The van der Waals surface area contributed by atoms with Gasteiger partial charge in [-0.25, -0.2) is 0 Å². The van der Waals surface area contributed by atoms with Crippen LogP contribution in [0.5, 0.6) is 0 Å². The van der Waals surface area contributed by atoms with Gasteiger partial charge in [-0.15, -0.1) is 0 Å². The Labute approximate surface area is 354 Å². The van der Waals surface area contributed by atoms with Crippen LogP contribution in [0.1, 0.15) is 16.7 Å².